The van der Waals surface area contributed by atoms with Crippen molar-refractivity contribution in [3.8, 4) is 0 Å². The average molecular weight is 330 g/mol. The summed E-state index contributed by atoms with van der Waals surface area (Å²) in [6, 6.07) is 7.25. The Kier molecular flexibility index (Phi) is 4.67. The monoisotopic (exact) mass is 329 g/mol. The zero-order valence-corrected chi connectivity index (χ0v) is 13.2. The highest BCUT2D eigenvalue weighted by atomic mass is 35.5. The van der Waals surface area contributed by atoms with Gasteiger partial charge in [0.25, 0.3) is 10.0 Å². The molecule has 0 fully saturated rings. The van der Waals surface area contributed by atoms with Crippen LogP contribution in [0.2, 0.25) is 5.28 Å². The Morgan fingerprint density at radius 3 is 2.67 bits per heavy atom. The molecule has 0 spiro atoms. The fraction of sp³-hybridized carbons (Fsp3) is 0.308. The van der Waals surface area contributed by atoms with E-state index in [9.17, 15) is 13.5 Å². The van der Waals surface area contributed by atoms with E-state index >= 15 is 0 Å². The molecule has 0 aliphatic heterocycles. The first-order chi connectivity index (χ1) is 9.81. The molecule has 6 nitrogen and oxygen atoms in total. The van der Waals surface area contributed by atoms with E-state index in [0.29, 0.717) is 5.56 Å². The quantitative estimate of drug-likeness (QED) is 0.868. The number of nitrogens with zero attached hydrogens (tertiary/aromatic N) is 2. The van der Waals surface area contributed by atoms with Gasteiger partial charge < -0.3 is 9.67 Å². The molecule has 1 atom stereocenters. The van der Waals surface area contributed by atoms with Crippen LogP contribution in [-0.4, -0.2) is 29.6 Å². The molecule has 0 radical (unpaired) electrons. The van der Waals surface area contributed by atoms with Crippen molar-refractivity contribution >= 4 is 21.6 Å². The smallest absolute Gasteiger partial charge is 0.259 e. The molecule has 0 saturated carbocycles. The zero-order valence-electron chi connectivity index (χ0n) is 11.6. The standard InChI is InChI=1S/C13H16ClN3O3S/c1-9-5-3-4-6-10(9)11(18)7-15-21(19,20)12-8-17(2)13(14)16-12/h3-6,8,11,15,18H,7H2,1-2H3. The molecule has 0 aliphatic rings. The summed E-state index contributed by atoms with van der Waals surface area (Å²) in [5.41, 5.74) is 1.57. The van der Waals surface area contributed by atoms with Gasteiger partial charge in [-0.15, -0.1) is 0 Å². The zero-order chi connectivity index (χ0) is 15.6. The van der Waals surface area contributed by atoms with E-state index in [4.69, 9.17) is 11.6 Å². The van der Waals surface area contributed by atoms with Crippen LogP contribution in [-0.2, 0) is 17.1 Å². The Morgan fingerprint density at radius 2 is 2.10 bits per heavy atom. The van der Waals surface area contributed by atoms with Gasteiger partial charge in [-0.2, -0.15) is 0 Å². The van der Waals surface area contributed by atoms with Crippen molar-refractivity contribution in [1.29, 1.82) is 0 Å². The molecule has 21 heavy (non-hydrogen) atoms. The van der Waals surface area contributed by atoms with Gasteiger partial charge in [0.05, 0.1) is 6.10 Å². The summed E-state index contributed by atoms with van der Waals surface area (Å²) in [7, 11) is -2.21. The third-order valence-corrected chi connectivity index (χ3v) is 4.73. The number of nitrogens with one attached hydrogen (secondary N) is 1. The minimum atomic E-state index is -3.80. The lowest BCUT2D eigenvalue weighted by molar-refractivity contribution is 0.181. The number of sulfonamides is 1. The van der Waals surface area contributed by atoms with E-state index in [-0.39, 0.29) is 16.9 Å². The third-order valence-electron chi connectivity index (χ3n) is 3.09. The van der Waals surface area contributed by atoms with Crippen LogP contribution in [0.5, 0.6) is 0 Å². The lowest BCUT2D eigenvalue weighted by Crippen LogP contribution is -2.29. The summed E-state index contributed by atoms with van der Waals surface area (Å²) in [6.45, 7) is 1.72. The number of imidazole rings is 1. The van der Waals surface area contributed by atoms with Crippen molar-refractivity contribution in [2.75, 3.05) is 6.54 Å². The lowest BCUT2D eigenvalue weighted by atomic mass is 10.0. The molecule has 2 N–H and O–H groups in total. The number of hydrogen-bond acceptors (Lipinski definition) is 4. The van der Waals surface area contributed by atoms with E-state index < -0.39 is 16.1 Å². The van der Waals surface area contributed by atoms with Crippen LogP contribution in [0.4, 0.5) is 0 Å². The number of rotatable bonds is 5. The second-order valence-corrected chi connectivity index (χ2v) is 6.74. The minimum absolute atomic E-state index is 0.0785. The number of hydrogen-bond donors (Lipinski definition) is 2. The molecule has 114 valence electrons. The average Bonchev–Trinajstić information content (AvgIpc) is 2.77. The Balaban J connectivity index is 2.10. The van der Waals surface area contributed by atoms with Gasteiger partial charge in [0.1, 0.15) is 0 Å². The molecule has 0 bridgehead atoms. The number of aliphatic hydroxyl groups is 1. The number of aryl methyl sites for hydroxylation is 2. The molecule has 2 rings (SSSR count). The van der Waals surface area contributed by atoms with Crippen LogP contribution >= 0.6 is 11.6 Å². The van der Waals surface area contributed by atoms with Crippen LogP contribution < -0.4 is 4.72 Å². The van der Waals surface area contributed by atoms with Gasteiger partial charge in [-0.25, -0.2) is 18.1 Å². The molecule has 0 amide bonds. The van der Waals surface area contributed by atoms with Gasteiger partial charge in [0.15, 0.2) is 5.03 Å². The van der Waals surface area contributed by atoms with Gasteiger partial charge in [-0.3, -0.25) is 0 Å². The summed E-state index contributed by atoms with van der Waals surface area (Å²) in [6.07, 6.45) is 0.380. The summed E-state index contributed by atoms with van der Waals surface area (Å²) >= 11 is 5.73. The molecule has 0 saturated heterocycles. The van der Waals surface area contributed by atoms with Crippen LogP contribution in [0.15, 0.2) is 35.5 Å². The normalized spacial score (nSPS) is 13.3. The Labute approximate surface area is 128 Å². The molecule has 1 heterocycles. The van der Waals surface area contributed by atoms with E-state index in [1.54, 1.807) is 19.2 Å². The van der Waals surface area contributed by atoms with Crippen LogP contribution in [0.25, 0.3) is 0 Å². The van der Waals surface area contributed by atoms with Crippen molar-refractivity contribution in [2.24, 2.45) is 7.05 Å². The van der Waals surface area contributed by atoms with E-state index in [1.165, 1.54) is 10.8 Å². The number of aromatic nitrogens is 2. The second kappa shape index (κ2) is 6.15. The molecular formula is C13H16ClN3O3S. The maximum Gasteiger partial charge on any atom is 0.259 e. The SMILES string of the molecule is Cc1ccccc1C(O)CNS(=O)(=O)c1cn(C)c(Cl)n1. The second-order valence-electron chi connectivity index (χ2n) is 4.68. The fourth-order valence-corrected chi connectivity index (χ4v) is 3.10. The molecule has 2 aromatic rings. The third kappa shape index (κ3) is 3.62. The molecule has 8 heteroatoms. The Morgan fingerprint density at radius 1 is 1.43 bits per heavy atom. The highest BCUT2D eigenvalue weighted by Gasteiger charge is 2.21. The largest absolute Gasteiger partial charge is 0.387 e. The van der Waals surface area contributed by atoms with E-state index in [2.05, 4.69) is 9.71 Å². The van der Waals surface area contributed by atoms with Gasteiger partial charge >= 0.3 is 0 Å². The van der Waals surface area contributed by atoms with Crippen molar-refractivity contribution in [1.82, 2.24) is 14.3 Å². The number of aliphatic hydroxyl groups excluding tert-OH is 1. The van der Waals surface area contributed by atoms with Crippen LogP contribution in [0, 0.1) is 6.92 Å². The summed E-state index contributed by atoms with van der Waals surface area (Å²) in [4.78, 5) is 3.75. The molecule has 1 unspecified atom stereocenters. The first-order valence-electron chi connectivity index (χ1n) is 6.23. The van der Waals surface area contributed by atoms with Crippen molar-refractivity contribution in [3.05, 3.63) is 46.9 Å². The van der Waals surface area contributed by atoms with E-state index in [1.807, 2.05) is 19.1 Å². The van der Waals surface area contributed by atoms with Gasteiger partial charge in [-0.1, -0.05) is 24.3 Å². The van der Waals surface area contributed by atoms with Crippen molar-refractivity contribution in [2.45, 2.75) is 18.1 Å². The summed E-state index contributed by atoms with van der Waals surface area (Å²) in [5.74, 6) is 0. The predicted molar refractivity (Wildman–Crippen MR) is 79.5 cm³/mol. The summed E-state index contributed by atoms with van der Waals surface area (Å²) in [5, 5.41) is 10.00. The Hall–Kier alpha value is -1.41. The highest BCUT2D eigenvalue weighted by molar-refractivity contribution is 7.89. The molecule has 1 aromatic heterocycles. The molecule has 1 aromatic carbocycles. The van der Waals surface area contributed by atoms with E-state index in [0.717, 1.165) is 5.56 Å². The van der Waals surface area contributed by atoms with Gasteiger partial charge in [0.2, 0.25) is 5.28 Å². The number of halogens is 1. The highest BCUT2D eigenvalue weighted by Crippen LogP contribution is 2.17. The molecular weight excluding hydrogens is 314 g/mol. The maximum atomic E-state index is 12.1. The number of benzene rings is 1. The Bertz CT molecular complexity index is 723. The fourth-order valence-electron chi connectivity index (χ4n) is 1.88. The van der Waals surface area contributed by atoms with Crippen LogP contribution in [0.3, 0.4) is 0 Å². The summed E-state index contributed by atoms with van der Waals surface area (Å²) < 4.78 is 27.8. The first-order valence-corrected chi connectivity index (χ1v) is 8.09. The van der Waals surface area contributed by atoms with Gasteiger partial charge in [0, 0.05) is 19.8 Å². The molecule has 0 aliphatic carbocycles. The van der Waals surface area contributed by atoms with Crippen molar-refractivity contribution in [3.63, 3.8) is 0 Å². The van der Waals surface area contributed by atoms with Crippen molar-refractivity contribution < 1.29 is 13.5 Å². The first kappa shape index (κ1) is 16.0. The lowest BCUT2D eigenvalue weighted by Gasteiger charge is -2.14. The minimum Gasteiger partial charge on any atom is -0.387 e. The maximum absolute atomic E-state index is 12.1. The van der Waals surface area contributed by atoms with Crippen LogP contribution in [0.1, 0.15) is 17.2 Å². The van der Waals surface area contributed by atoms with Gasteiger partial charge in [-0.05, 0) is 29.7 Å². The topological polar surface area (TPSA) is 84.2 Å². The predicted octanol–water partition coefficient (Wildman–Crippen LogP) is 1.39.